The highest BCUT2D eigenvalue weighted by Crippen LogP contribution is 2.10. The Labute approximate surface area is 127 Å². The summed E-state index contributed by atoms with van der Waals surface area (Å²) in [6.45, 7) is 5.72. The number of rotatable bonds is 6. The maximum absolute atomic E-state index is 12.1. The van der Waals surface area contributed by atoms with E-state index in [2.05, 4.69) is 22.8 Å². The fourth-order valence-corrected chi connectivity index (χ4v) is 2.59. The SMILES string of the molecule is C#Cc1ccc(C(=O)CCCCN2CCN(C)CC2)cc1. The molecule has 0 unspecified atom stereocenters. The van der Waals surface area contributed by atoms with Gasteiger partial charge in [-0.05, 0) is 38.6 Å². The quantitative estimate of drug-likeness (QED) is 0.455. The molecule has 0 aliphatic carbocycles. The summed E-state index contributed by atoms with van der Waals surface area (Å²) in [5.74, 6) is 2.78. The first-order chi connectivity index (χ1) is 10.2. The molecule has 0 spiro atoms. The van der Waals surface area contributed by atoms with E-state index in [0.717, 1.165) is 56.7 Å². The van der Waals surface area contributed by atoms with Crippen LogP contribution >= 0.6 is 0 Å². The van der Waals surface area contributed by atoms with Gasteiger partial charge in [0.15, 0.2) is 5.78 Å². The average Bonchev–Trinajstić information content (AvgIpc) is 2.53. The summed E-state index contributed by atoms with van der Waals surface area (Å²) in [6, 6.07) is 7.32. The molecule has 0 bridgehead atoms. The first-order valence-corrected chi connectivity index (χ1v) is 7.70. The maximum Gasteiger partial charge on any atom is 0.162 e. The van der Waals surface area contributed by atoms with Crippen molar-refractivity contribution in [1.29, 1.82) is 0 Å². The third-order valence-electron chi connectivity index (χ3n) is 4.10. The Morgan fingerprint density at radius 2 is 1.81 bits per heavy atom. The standard InChI is InChI=1S/C18H24N2O/c1-3-16-7-9-17(10-8-16)18(21)6-4-5-11-20-14-12-19(2)13-15-20/h1,7-10H,4-6,11-15H2,2H3. The number of ketones is 1. The van der Waals surface area contributed by atoms with E-state index in [9.17, 15) is 4.79 Å². The second kappa shape index (κ2) is 7.97. The Kier molecular flexibility index (Phi) is 5.98. The summed E-state index contributed by atoms with van der Waals surface area (Å²) >= 11 is 0. The van der Waals surface area contributed by atoms with Gasteiger partial charge >= 0.3 is 0 Å². The van der Waals surface area contributed by atoms with Gasteiger partial charge in [0.1, 0.15) is 0 Å². The molecule has 112 valence electrons. The van der Waals surface area contributed by atoms with Gasteiger partial charge in [-0.2, -0.15) is 0 Å². The van der Waals surface area contributed by atoms with Crippen LogP contribution in [0.2, 0.25) is 0 Å². The zero-order chi connectivity index (χ0) is 15.1. The monoisotopic (exact) mass is 284 g/mol. The number of carbonyl (C=O) groups excluding carboxylic acids is 1. The zero-order valence-electron chi connectivity index (χ0n) is 12.8. The van der Waals surface area contributed by atoms with Crippen molar-refractivity contribution in [2.45, 2.75) is 19.3 Å². The van der Waals surface area contributed by atoms with Crippen LogP contribution in [-0.2, 0) is 0 Å². The second-order valence-corrected chi connectivity index (χ2v) is 5.75. The minimum absolute atomic E-state index is 0.219. The highest BCUT2D eigenvalue weighted by molar-refractivity contribution is 5.96. The van der Waals surface area contributed by atoms with Crippen molar-refractivity contribution >= 4 is 5.78 Å². The fourth-order valence-electron chi connectivity index (χ4n) is 2.59. The first kappa shape index (κ1) is 15.8. The molecular weight excluding hydrogens is 260 g/mol. The van der Waals surface area contributed by atoms with Crippen molar-refractivity contribution in [3.05, 3.63) is 35.4 Å². The van der Waals surface area contributed by atoms with Crippen LogP contribution < -0.4 is 0 Å². The average molecular weight is 284 g/mol. The third-order valence-corrected chi connectivity index (χ3v) is 4.10. The van der Waals surface area contributed by atoms with Crippen LogP contribution in [-0.4, -0.2) is 55.4 Å². The van der Waals surface area contributed by atoms with Gasteiger partial charge in [0.2, 0.25) is 0 Å². The molecule has 0 N–H and O–H groups in total. The van der Waals surface area contributed by atoms with Crippen molar-refractivity contribution < 1.29 is 4.79 Å². The lowest BCUT2D eigenvalue weighted by Gasteiger charge is -2.32. The molecule has 1 heterocycles. The Bertz CT molecular complexity index is 493. The van der Waals surface area contributed by atoms with Crippen LogP contribution in [0.25, 0.3) is 0 Å². The number of nitrogens with zero attached hydrogens (tertiary/aromatic N) is 2. The molecule has 1 fully saturated rings. The van der Waals surface area contributed by atoms with E-state index in [-0.39, 0.29) is 5.78 Å². The molecule has 1 aliphatic heterocycles. The van der Waals surface area contributed by atoms with Gasteiger partial charge in [-0.25, -0.2) is 0 Å². The topological polar surface area (TPSA) is 23.6 Å². The summed E-state index contributed by atoms with van der Waals surface area (Å²) in [5.41, 5.74) is 1.59. The van der Waals surface area contributed by atoms with E-state index in [0.29, 0.717) is 6.42 Å². The number of Topliss-reactive ketones (excluding diaryl/α,β-unsaturated/α-hetero) is 1. The van der Waals surface area contributed by atoms with Gasteiger partial charge in [-0.3, -0.25) is 4.79 Å². The summed E-state index contributed by atoms with van der Waals surface area (Å²) in [5, 5.41) is 0. The molecule has 1 aromatic carbocycles. The van der Waals surface area contributed by atoms with Gasteiger partial charge in [-0.15, -0.1) is 6.42 Å². The number of likely N-dealkylation sites (N-methyl/N-ethyl adjacent to an activating group) is 1. The van der Waals surface area contributed by atoms with Gasteiger partial charge < -0.3 is 9.80 Å². The minimum atomic E-state index is 0.219. The van der Waals surface area contributed by atoms with E-state index >= 15 is 0 Å². The van der Waals surface area contributed by atoms with Crippen LogP contribution in [0, 0.1) is 12.3 Å². The predicted octanol–water partition coefficient (Wildman–Crippen LogP) is 2.27. The third kappa shape index (κ3) is 5.00. The van der Waals surface area contributed by atoms with E-state index in [4.69, 9.17) is 6.42 Å². The normalized spacial score (nSPS) is 16.6. The molecule has 0 aromatic heterocycles. The number of piperazine rings is 1. The van der Waals surface area contributed by atoms with Gasteiger partial charge in [0.05, 0.1) is 0 Å². The number of hydrogen-bond donors (Lipinski definition) is 0. The smallest absolute Gasteiger partial charge is 0.162 e. The summed E-state index contributed by atoms with van der Waals surface area (Å²) in [7, 11) is 2.17. The van der Waals surface area contributed by atoms with Crippen molar-refractivity contribution in [1.82, 2.24) is 9.80 Å². The Morgan fingerprint density at radius 1 is 1.14 bits per heavy atom. The fraction of sp³-hybridized carbons (Fsp3) is 0.500. The van der Waals surface area contributed by atoms with Gasteiger partial charge in [0, 0.05) is 43.7 Å². The second-order valence-electron chi connectivity index (χ2n) is 5.75. The largest absolute Gasteiger partial charge is 0.304 e. The van der Waals surface area contributed by atoms with E-state index in [1.165, 1.54) is 0 Å². The van der Waals surface area contributed by atoms with Crippen LogP contribution in [0.15, 0.2) is 24.3 Å². The Hall–Kier alpha value is -1.63. The molecule has 3 heteroatoms. The highest BCUT2D eigenvalue weighted by atomic mass is 16.1. The molecule has 21 heavy (non-hydrogen) atoms. The Balaban J connectivity index is 1.66. The van der Waals surface area contributed by atoms with Crippen molar-refractivity contribution in [2.75, 3.05) is 39.8 Å². The molecule has 0 atom stereocenters. The van der Waals surface area contributed by atoms with Crippen LogP contribution in [0.5, 0.6) is 0 Å². The lowest BCUT2D eigenvalue weighted by Crippen LogP contribution is -2.44. The summed E-state index contributed by atoms with van der Waals surface area (Å²) < 4.78 is 0. The number of terminal acetylenes is 1. The van der Waals surface area contributed by atoms with Crippen LogP contribution in [0.1, 0.15) is 35.2 Å². The number of hydrogen-bond acceptors (Lipinski definition) is 3. The van der Waals surface area contributed by atoms with Gasteiger partial charge in [-0.1, -0.05) is 18.1 Å². The van der Waals surface area contributed by atoms with Crippen LogP contribution in [0.4, 0.5) is 0 Å². The molecule has 0 amide bonds. The number of carbonyl (C=O) groups is 1. The predicted molar refractivity (Wildman–Crippen MR) is 86.5 cm³/mol. The van der Waals surface area contributed by atoms with E-state index in [1.54, 1.807) is 0 Å². The molecule has 0 saturated carbocycles. The molecule has 0 radical (unpaired) electrons. The van der Waals surface area contributed by atoms with Crippen molar-refractivity contribution in [3.8, 4) is 12.3 Å². The summed E-state index contributed by atoms with van der Waals surface area (Å²) in [6.07, 6.45) is 7.99. The van der Waals surface area contributed by atoms with Crippen LogP contribution in [0.3, 0.4) is 0 Å². The zero-order valence-corrected chi connectivity index (χ0v) is 12.8. The lowest BCUT2D eigenvalue weighted by molar-refractivity contribution is 0.0975. The minimum Gasteiger partial charge on any atom is -0.304 e. The lowest BCUT2D eigenvalue weighted by atomic mass is 10.0. The number of benzene rings is 1. The first-order valence-electron chi connectivity index (χ1n) is 7.70. The highest BCUT2D eigenvalue weighted by Gasteiger charge is 2.13. The molecule has 2 rings (SSSR count). The molecule has 3 nitrogen and oxygen atoms in total. The molecule has 1 aliphatic rings. The Morgan fingerprint density at radius 3 is 2.43 bits per heavy atom. The molecule has 1 saturated heterocycles. The molecular formula is C18H24N2O. The summed E-state index contributed by atoms with van der Waals surface area (Å²) in [4.78, 5) is 16.9. The van der Waals surface area contributed by atoms with Gasteiger partial charge in [0.25, 0.3) is 0 Å². The number of unbranched alkanes of at least 4 members (excludes halogenated alkanes) is 1. The molecule has 1 aromatic rings. The van der Waals surface area contributed by atoms with E-state index in [1.807, 2.05) is 24.3 Å². The maximum atomic E-state index is 12.1. The van der Waals surface area contributed by atoms with Crippen molar-refractivity contribution in [3.63, 3.8) is 0 Å². The van der Waals surface area contributed by atoms with E-state index < -0.39 is 0 Å². The van der Waals surface area contributed by atoms with Crippen molar-refractivity contribution in [2.24, 2.45) is 0 Å².